The minimum atomic E-state index is -1.01. The molecule has 0 aromatic heterocycles. The molecule has 2 aromatic carbocycles. The van der Waals surface area contributed by atoms with Gasteiger partial charge >= 0.3 is 17.9 Å². The van der Waals surface area contributed by atoms with Crippen LogP contribution in [0.5, 0.6) is 11.5 Å². The van der Waals surface area contributed by atoms with Crippen LogP contribution in [0.3, 0.4) is 0 Å². The van der Waals surface area contributed by atoms with Crippen LogP contribution >= 0.6 is 0 Å². The highest BCUT2D eigenvalue weighted by atomic mass is 16.6. The largest absolute Gasteiger partial charge is 0.491 e. The second-order valence-corrected chi connectivity index (χ2v) is 10.5. The standard InChI is InChI=1S/C33H40O9/c1-21(2)31(36)40-20-29(42-32(37)22(3)4)19-39-28-15-11-25(12-16-28)33(7,8)24-9-13-27(14-10-24)38-18-26(34)17-30(35)41-23(5)6/h9-16,26,29,34H,1,3,5,17-20H2,2,4,6-8H3. The van der Waals surface area contributed by atoms with Gasteiger partial charge in [0.15, 0.2) is 6.10 Å². The fourth-order valence-electron chi connectivity index (χ4n) is 3.63. The summed E-state index contributed by atoms with van der Waals surface area (Å²) >= 11 is 0. The molecular weight excluding hydrogens is 540 g/mol. The molecule has 2 atom stereocenters. The molecule has 2 aromatic rings. The molecule has 2 rings (SSSR count). The van der Waals surface area contributed by atoms with E-state index in [0.29, 0.717) is 11.5 Å². The lowest BCUT2D eigenvalue weighted by atomic mass is 9.78. The summed E-state index contributed by atoms with van der Waals surface area (Å²) in [5.74, 6) is -0.392. The summed E-state index contributed by atoms with van der Waals surface area (Å²) in [4.78, 5) is 35.4. The summed E-state index contributed by atoms with van der Waals surface area (Å²) in [6.07, 6.45) is -2.03. The maximum atomic E-state index is 12.0. The second kappa shape index (κ2) is 15.6. The molecule has 1 N–H and O–H groups in total. The third kappa shape index (κ3) is 10.9. The van der Waals surface area contributed by atoms with Crippen molar-refractivity contribution in [2.24, 2.45) is 0 Å². The van der Waals surface area contributed by atoms with Crippen LogP contribution < -0.4 is 9.47 Å². The molecule has 9 heteroatoms. The Kier molecular flexibility index (Phi) is 12.6. The van der Waals surface area contributed by atoms with Gasteiger partial charge in [0.2, 0.25) is 0 Å². The molecule has 226 valence electrons. The molecule has 42 heavy (non-hydrogen) atoms. The summed E-state index contributed by atoms with van der Waals surface area (Å²) in [6.45, 7) is 19.1. The highest BCUT2D eigenvalue weighted by Crippen LogP contribution is 2.33. The SMILES string of the molecule is C=C(C)OC(=O)CC(O)COc1ccc(C(C)(C)c2ccc(OCC(COC(=O)C(=C)C)OC(=O)C(=C)C)cc2)cc1. The van der Waals surface area contributed by atoms with Crippen molar-refractivity contribution in [1.29, 1.82) is 0 Å². The van der Waals surface area contributed by atoms with Gasteiger partial charge in [0.05, 0.1) is 18.3 Å². The number of ether oxygens (including phenoxy) is 5. The smallest absolute Gasteiger partial charge is 0.333 e. The van der Waals surface area contributed by atoms with Crippen LogP contribution in [0.2, 0.25) is 0 Å². The van der Waals surface area contributed by atoms with Gasteiger partial charge in [-0.3, -0.25) is 4.79 Å². The predicted octanol–water partition coefficient (Wildman–Crippen LogP) is 5.21. The quantitative estimate of drug-likeness (QED) is 0.124. The van der Waals surface area contributed by atoms with Gasteiger partial charge in [0.1, 0.15) is 31.3 Å². The summed E-state index contributed by atoms with van der Waals surface area (Å²) in [6, 6.07) is 15.0. The van der Waals surface area contributed by atoms with Gasteiger partial charge in [-0.1, -0.05) is 57.8 Å². The van der Waals surface area contributed by atoms with Crippen LogP contribution in [0.4, 0.5) is 0 Å². The maximum Gasteiger partial charge on any atom is 0.333 e. The van der Waals surface area contributed by atoms with Crippen molar-refractivity contribution >= 4 is 17.9 Å². The molecule has 0 saturated heterocycles. The molecule has 0 heterocycles. The van der Waals surface area contributed by atoms with Crippen LogP contribution in [0, 0.1) is 0 Å². The Balaban J connectivity index is 1.99. The van der Waals surface area contributed by atoms with Gasteiger partial charge in [0.25, 0.3) is 0 Å². The zero-order valence-corrected chi connectivity index (χ0v) is 24.9. The Hall–Kier alpha value is -4.37. The van der Waals surface area contributed by atoms with Crippen molar-refractivity contribution in [2.45, 2.75) is 58.7 Å². The third-order valence-corrected chi connectivity index (χ3v) is 6.09. The molecule has 0 aliphatic rings. The summed E-state index contributed by atoms with van der Waals surface area (Å²) in [7, 11) is 0. The highest BCUT2D eigenvalue weighted by Gasteiger charge is 2.24. The average Bonchev–Trinajstić information content (AvgIpc) is 2.92. The molecular formula is C33H40O9. The van der Waals surface area contributed by atoms with E-state index in [0.717, 1.165) is 11.1 Å². The van der Waals surface area contributed by atoms with Crippen LogP contribution in [0.15, 0.2) is 85.2 Å². The number of hydrogen-bond donors (Lipinski definition) is 1. The van der Waals surface area contributed by atoms with E-state index in [-0.39, 0.29) is 48.6 Å². The second-order valence-electron chi connectivity index (χ2n) is 10.5. The van der Waals surface area contributed by atoms with Gasteiger partial charge in [0, 0.05) is 16.6 Å². The van der Waals surface area contributed by atoms with Crippen LogP contribution in [-0.2, 0) is 34.0 Å². The average molecular weight is 581 g/mol. The predicted molar refractivity (Wildman–Crippen MR) is 158 cm³/mol. The molecule has 0 amide bonds. The van der Waals surface area contributed by atoms with E-state index in [4.69, 9.17) is 23.7 Å². The van der Waals surface area contributed by atoms with Crippen LogP contribution in [0.1, 0.15) is 52.2 Å². The number of aliphatic hydroxyl groups excluding tert-OH is 1. The van der Waals surface area contributed by atoms with E-state index >= 15 is 0 Å². The van der Waals surface area contributed by atoms with Gasteiger partial charge in [-0.25, -0.2) is 9.59 Å². The first-order valence-corrected chi connectivity index (χ1v) is 13.4. The fourth-order valence-corrected chi connectivity index (χ4v) is 3.63. The Labute approximate surface area is 247 Å². The van der Waals surface area contributed by atoms with Crippen molar-refractivity contribution in [3.05, 3.63) is 96.3 Å². The summed E-state index contributed by atoms with van der Waals surface area (Å²) in [5.41, 5.74) is 2.14. The van der Waals surface area contributed by atoms with Crippen LogP contribution in [-0.4, -0.2) is 55.0 Å². The van der Waals surface area contributed by atoms with E-state index in [9.17, 15) is 19.5 Å². The number of esters is 3. The van der Waals surface area contributed by atoms with Crippen molar-refractivity contribution < 1.29 is 43.2 Å². The number of benzene rings is 2. The van der Waals surface area contributed by atoms with E-state index < -0.39 is 30.1 Å². The molecule has 2 unspecified atom stereocenters. The van der Waals surface area contributed by atoms with Gasteiger partial charge in [-0.15, -0.1) is 0 Å². The third-order valence-electron chi connectivity index (χ3n) is 6.09. The number of aliphatic hydroxyl groups is 1. The van der Waals surface area contributed by atoms with Gasteiger partial charge < -0.3 is 28.8 Å². The number of allylic oxidation sites excluding steroid dienone is 1. The molecule has 0 aliphatic carbocycles. The monoisotopic (exact) mass is 580 g/mol. The minimum absolute atomic E-state index is 0.0313. The normalized spacial score (nSPS) is 12.3. The van der Waals surface area contributed by atoms with Crippen molar-refractivity contribution in [3.8, 4) is 11.5 Å². The van der Waals surface area contributed by atoms with Gasteiger partial charge in [-0.2, -0.15) is 0 Å². The Morgan fingerprint density at radius 2 is 1.24 bits per heavy atom. The minimum Gasteiger partial charge on any atom is -0.491 e. The van der Waals surface area contributed by atoms with E-state index in [1.54, 1.807) is 19.1 Å². The van der Waals surface area contributed by atoms with E-state index in [1.807, 2.05) is 36.4 Å². The maximum absolute atomic E-state index is 12.0. The number of rotatable bonds is 16. The molecule has 0 bridgehead atoms. The lowest BCUT2D eigenvalue weighted by Gasteiger charge is -2.26. The van der Waals surface area contributed by atoms with E-state index in [2.05, 4.69) is 33.6 Å². The van der Waals surface area contributed by atoms with Crippen molar-refractivity contribution in [3.63, 3.8) is 0 Å². The molecule has 9 nitrogen and oxygen atoms in total. The molecule has 0 fully saturated rings. The zero-order chi connectivity index (χ0) is 31.4. The summed E-state index contributed by atoms with van der Waals surface area (Å²) in [5, 5.41) is 10.0. The Morgan fingerprint density at radius 3 is 1.69 bits per heavy atom. The number of hydrogen-bond acceptors (Lipinski definition) is 9. The molecule has 0 aliphatic heterocycles. The van der Waals surface area contributed by atoms with E-state index in [1.165, 1.54) is 13.8 Å². The molecule has 0 spiro atoms. The molecule has 0 radical (unpaired) electrons. The number of carbonyl (C=O) groups is 3. The topological polar surface area (TPSA) is 118 Å². The first kappa shape index (κ1) is 33.8. The Bertz CT molecular complexity index is 1270. The first-order valence-electron chi connectivity index (χ1n) is 13.4. The fraction of sp³-hybridized carbons (Fsp3) is 0.364. The van der Waals surface area contributed by atoms with Gasteiger partial charge in [-0.05, 0) is 56.2 Å². The first-order chi connectivity index (χ1) is 19.7. The van der Waals surface area contributed by atoms with Crippen LogP contribution in [0.25, 0.3) is 0 Å². The Morgan fingerprint density at radius 1 is 0.762 bits per heavy atom. The summed E-state index contributed by atoms with van der Waals surface area (Å²) < 4.78 is 26.8. The van der Waals surface area contributed by atoms with Crippen molar-refractivity contribution in [2.75, 3.05) is 19.8 Å². The van der Waals surface area contributed by atoms with Crippen molar-refractivity contribution in [1.82, 2.24) is 0 Å². The lowest BCUT2D eigenvalue weighted by Crippen LogP contribution is -2.31. The lowest BCUT2D eigenvalue weighted by molar-refractivity contribution is -0.155. The zero-order valence-electron chi connectivity index (χ0n) is 24.9. The highest BCUT2D eigenvalue weighted by molar-refractivity contribution is 5.87. The molecule has 0 saturated carbocycles. The number of carbonyl (C=O) groups excluding carboxylic acids is 3.